The number of nitrogens with zero attached hydrogens (tertiary/aromatic N) is 1. The summed E-state index contributed by atoms with van der Waals surface area (Å²) in [6.45, 7) is 0. The van der Waals surface area contributed by atoms with E-state index < -0.39 is 10.8 Å². The Labute approximate surface area is 446 Å². The Balaban J connectivity index is 0.857. The Hall–Kier alpha value is -9.96. The average molecular weight is 980 g/mol. The van der Waals surface area contributed by atoms with E-state index in [0.717, 1.165) is 78.3 Å². The molecule has 0 unspecified atom stereocenters. The summed E-state index contributed by atoms with van der Waals surface area (Å²) in [6, 6.07) is 100. The lowest BCUT2D eigenvalue weighted by Gasteiger charge is -2.40. The molecule has 1 aromatic heterocycles. The quantitative estimate of drug-likeness (QED) is 0.172. The highest BCUT2D eigenvalue weighted by Gasteiger charge is 2.53. The minimum absolute atomic E-state index is 0.396. The van der Waals surface area contributed by atoms with Crippen LogP contribution in [0.25, 0.3) is 77.6 Å². The predicted octanol–water partition coefficient (Wildman–Crippen LogP) is 19.2. The van der Waals surface area contributed by atoms with Crippen LogP contribution in [0.2, 0.25) is 0 Å². The van der Waals surface area contributed by atoms with E-state index in [0.29, 0.717) is 0 Å². The molecule has 0 bridgehead atoms. The zero-order chi connectivity index (χ0) is 50.4. The van der Waals surface area contributed by atoms with Gasteiger partial charge in [0.05, 0.1) is 10.8 Å². The summed E-state index contributed by atoms with van der Waals surface area (Å²) >= 11 is 0. The molecule has 17 rings (SSSR count). The van der Waals surface area contributed by atoms with Gasteiger partial charge in [-0.15, -0.1) is 0 Å². The molecule has 77 heavy (non-hydrogen) atoms. The standard InChI is InChI=1S/C74H45NO2/c1-7-26-60-53(19-1)54-20-2-8-27-61(54)73(60)64-30-11-5-23-57(64)59-44-48(37-41-65(59)73)47-17-15-18-50(43-47)75(49-38-35-46(36-39-49)52-25-16-34-71-72(52)58-24-6-13-32-68(58)76-71)51-40-42-70-67(45-51)74(66-31-12-14-33-69(66)77-70)62-28-9-3-21-55(62)56-22-4-10-29-63(56)74/h1-45H. The van der Waals surface area contributed by atoms with Gasteiger partial charge in [-0.25, -0.2) is 0 Å². The van der Waals surface area contributed by atoms with Crippen LogP contribution in [0.15, 0.2) is 277 Å². The minimum Gasteiger partial charge on any atom is -0.457 e. The zero-order valence-corrected chi connectivity index (χ0v) is 41.7. The van der Waals surface area contributed by atoms with Gasteiger partial charge in [-0.05, 0) is 156 Å². The maximum Gasteiger partial charge on any atom is 0.136 e. The smallest absolute Gasteiger partial charge is 0.136 e. The Morgan fingerprint density at radius 1 is 0.260 bits per heavy atom. The molecular weight excluding hydrogens is 935 g/mol. The monoisotopic (exact) mass is 979 g/mol. The number of furan rings is 1. The van der Waals surface area contributed by atoms with Crippen molar-refractivity contribution in [3.05, 3.63) is 317 Å². The van der Waals surface area contributed by atoms with E-state index >= 15 is 0 Å². The first-order chi connectivity index (χ1) is 38.2. The molecule has 13 aromatic rings. The van der Waals surface area contributed by atoms with E-state index in [-0.39, 0.29) is 0 Å². The first-order valence-electron chi connectivity index (χ1n) is 26.6. The first kappa shape index (κ1) is 42.4. The number of hydrogen-bond donors (Lipinski definition) is 0. The number of benzene rings is 12. The van der Waals surface area contributed by atoms with Crippen molar-refractivity contribution in [1.82, 2.24) is 0 Å². The second-order valence-corrected chi connectivity index (χ2v) is 21.0. The summed E-state index contributed by atoms with van der Waals surface area (Å²) in [6.07, 6.45) is 0. The molecule has 0 N–H and O–H groups in total. The van der Waals surface area contributed by atoms with Crippen molar-refractivity contribution in [1.29, 1.82) is 0 Å². The van der Waals surface area contributed by atoms with Gasteiger partial charge >= 0.3 is 0 Å². The average Bonchev–Trinajstić information content (AvgIpc) is 4.26. The van der Waals surface area contributed by atoms with Gasteiger partial charge in [0.1, 0.15) is 22.7 Å². The third-order valence-corrected chi connectivity index (χ3v) is 17.4. The van der Waals surface area contributed by atoms with Gasteiger partial charge in [-0.2, -0.15) is 0 Å². The van der Waals surface area contributed by atoms with Crippen molar-refractivity contribution in [3.8, 4) is 67.1 Å². The Kier molecular flexibility index (Phi) is 8.69. The molecule has 0 atom stereocenters. The van der Waals surface area contributed by atoms with E-state index in [9.17, 15) is 0 Å². The SMILES string of the molecule is c1cc(-c2ccc3c(c2)-c2ccccc2C32c3ccccc3-c3ccccc32)cc(N(c2ccc(-c3cccc4oc5ccccc5c34)cc2)c2ccc3c(c2)C2(c4ccccc4O3)c3ccccc3-c3ccccc32)c1. The van der Waals surface area contributed by atoms with Crippen molar-refractivity contribution in [2.75, 3.05) is 4.90 Å². The van der Waals surface area contributed by atoms with Gasteiger partial charge in [-0.3, -0.25) is 0 Å². The number of hydrogen-bond acceptors (Lipinski definition) is 3. The summed E-state index contributed by atoms with van der Waals surface area (Å²) in [7, 11) is 0. The Bertz CT molecular complexity index is 4540. The highest BCUT2D eigenvalue weighted by atomic mass is 16.5. The molecule has 0 saturated heterocycles. The maximum atomic E-state index is 6.95. The first-order valence-corrected chi connectivity index (χ1v) is 26.6. The molecule has 4 aliphatic rings. The zero-order valence-electron chi connectivity index (χ0n) is 41.7. The van der Waals surface area contributed by atoms with Crippen LogP contribution in [0.1, 0.15) is 44.5 Å². The maximum absolute atomic E-state index is 6.95. The number of para-hydroxylation sites is 2. The summed E-state index contributed by atoms with van der Waals surface area (Å²) in [5.74, 6) is 1.73. The van der Waals surface area contributed by atoms with Gasteiger partial charge < -0.3 is 14.1 Å². The molecule has 358 valence electrons. The Morgan fingerprint density at radius 2 is 0.714 bits per heavy atom. The van der Waals surface area contributed by atoms with E-state index in [2.05, 4.69) is 272 Å². The van der Waals surface area contributed by atoms with Crippen LogP contribution in [0.3, 0.4) is 0 Å². The molecule has 3 aliphatic carbocycles. The van der Waals surface area contributed by atoms with Crippen LogP contribution >= 0.6 is 0 Å². The molecule has 0 fully saturated rings. The van der Waals surface area contributed by atoms with Crippen molar-refractivity contribution in [2.24, 2.45) is 0 Å². The molecule has 3 nitrogen and oxygen atoms in total. The van der Waals surface area contributed by atoms with Crippen molar-refractivity contribution < 1.29 is 9.15 Å². The fourth-order valence-electron chi connectivity index (χ4n) is 14.3. The van der Waals surface area contributed by atoms with Gasteiger partial charge in [0.2, 0.25) is 0 Å². The summed E-state index contributed by atoms with van der Waals surface area (Å²) in [4.78, 5) is 2.42. The second kappa shape index (κ2) is 15.8. The van der Waals surface area contributed by atoms with Crippen LogP contribution in [-0.2, 0) is 10.8 Å². The molecule has 0 saturated carbocycles. The molecule has 3 heteroatoms. The normalized spacial score (nSPS) is 14.0. The lowest BCUT2D eigenvalue weighted by atomic mass is 9.66. The third-order valence-electron chi connectivity index (χ3n) is 17.4. The van der Waals surface area contributed by atoms with Gasteiger partial charge in [0.25, 0.3) is 0 Å². The van der Waals surface area contributed by atoms with Crippen molar-refractivity contribution in [3.63, 3.8) is 0 Å². The fraction of sp³-hybridized carbons (Fsp3) is 0.0270. The van der Waals surface area contributed by atoms with Crippen LogP contribution in [-0.4, -0.2) is 0 Å². The fourth-order valence-corrected chi connectivity index (χ4v) is 14.3. The molecule has 12 aromatic carbocycles. The molecule has 2 heterocycles. The minimum atomic E-state index is -0.616. The van der Waals surface area contributed by atoms with Gasteiger partial charge in [-0.1, -0.05) is 206 Å². The van der Waals surface area contributed by atoms with Crippen molar-refractivity contribution >= 4 is 39.0 Å². The lowest BCUT2D eigenvalue weighted by molar-refractivity contribution is 0.436. The van der Waals surface area contributed by atoms with Gasteiger partial charge in [0, 0.05) is 39.0 Å². The number of anilines is 3. The summed E-state index contributed by atoms with van der Waals surface area (Å²) < 4.78 is 13.3. The van der Waals surface area contributed by atoms with Crippen LogP contribution in [0.5, 0.6) is 11.5 Å². The molecular formula is C74H45NO2. The Morgan fingerprint density at radius 3 is 1.38 bits per heavy atom. The lowest BCUT2D eigenvalue weighted by Crippen LogP contribution is -2.32. The predicted molar refractivity (Wildman–Crippen MR) is 313 cm³/mol. The topological polar surface area (TPSA) is 25.6 Å². The second-order valence-electron chi connectivity index (χ2n) is 21.0. The summed E-state index contributed by atoms with van der Waals surface area (Å²) in [5.41, 5.74) is 26.3. The molecule has 0 amide bonds. The number of ether oxygens (including phenoxy) is 1. The van der Waals surface area contributed by atoms with E-state index in [1.54, 1.807) is 0 Å². The van der Waals surface area contributed by atoms with E-state index in [4.69, 9.17) is 9.15 Å². The number of rotatable bonds is 5. The number of fused-ring (bicyclic) bond motifs is 22. The van der Waals surface area contributed by atoms with E-state index in [1.807, 2.05) is 6.07 Å². The van der Waals surface area contributed by atoms with Crippen LogP contribution < -0.4 is 9.64 Å². The molecule has 1 aliphatic heterocycles. The van der Waals surface area contributed by atoms with Gasteiger partial charge in [0.15, 0.2) is 0 Å². The molecule has 2 spiro atoms. The summed E-state index contributed by atoms with van der Waals surface area (Å²) in [5, 5.41) is 2.24. The molecule has 0 radical (unpaired) electrons. The third kappa shape index (κ3) is 5.64. The highest BCUT2D eigenvalue weighted by molar-refractivity contribution is 6.12. The van der Waals surface area contributed by atoms with Crippen LogP contribution in [0.4, 0.5) is 17.1 Å². The van der Waals surface area contributed by atoms with E-state index in [1.165, 1.54) is 72.3 Å². The largest absolute Gasteiger partial charge is 0.457 e. The van der Waals surface area contributed by atoms with Crippen LogP contribution in [0, 0.1) is 0 Å². The highest BCUT2D eigenvalue weighted by Crippen LogP contribution is 2.65. The van der Waals surface area contributed by atoms with Crippen molar-refractivity contribution in [2.45, 2.75) is 10.8 Å².